The minimum Gasteiger partial charge on any atom is -1.00 e. The number of nitrogens with one attached hydrogen (secondary N) is 1. The number of nitrogens with zero attached hydrogens (tertiary/aromatic N) is 3. The van der Waals surface area contributed by atoms with Gasteiger partial charge < -0.3 is 12.4 Å². The molecule has 0 amide bonds. The largest absolute Gasteiger partial charge is 1.00 e. The molecule has 0 spiro atoms. The van der Waals surface area contributed by atoms with Crippen LogP contribution in [0.1, 0.15) is 0 Å². The normalized spacial score (nSPS) is 16.1. The Balaban J connectivity index is 0.00000146. The van der Waals surface area contributed by atoms with Gasteiger partial charge in [-0.05, 0) is 39.1 Å². The molecule has 0 aromatic heterocycles. The van der Waals surface area contributed by atoms with Gasteiger partial charge in [-0.1, -0.05) is 53.6 Å². The van der Waals surface area contributed by atoms with Crippen LogP contribution in [0.2, 0.25) is 0 Å². The Morgan fingerprint density at radius 1 is 0.708 bits per heavy atom. The van der Waals surface area contributed by atoms with Gasteiger partial charge in [-0.15, -0.1) is 5.01 Å². The van der Waals surface area contributed by atoms with Crippen molar-refractivity contribution in [2.24, 2.45) is 15.5 Å². The van der Waals surface area contributed by atoms with Crippen molar-refractivity contribution in [3.8, 4) is 0 Å². The summed E-state index contributed by atoms with van der Waals surface area (Å²) in [6.45, 7) is 0. The molecule has 1 aliphatic heterocycles. The van der Waals surface area contributed by atoms with Crippen LogP contribution >= 0.6 is 0 Å². The molecule has 1 atom stereocenters. The molecule has 116 valence electrons. The van der Waals surface area contributed by atoms with Gasteiger partial charge in [0.1, 0.15) is 0 Å². The molecule has 0 aliphatic carbocycles. The number of hydrogen-bond acceptors (Lipinski definition) is 3. The maximum Gasteiger partial charge on any atom is 0.243 e. The molecular weight excluding hydrogens is 320 g/mol. The zero-order valence-electron chi connectivity index (χ0n) is 12.6. The molecule has 5 rings (SSSR count). The van der Waals surface area contributed by atoms with E-state index in [9.17, 15) is 0 Å². The Kier molecular flexibility index (Phi) is 3.49. The molecule has 0 fully saturated rings. The number of hydrogen-bond donors (Lipinski definition) is 1. The first kappa shape index (κ1) is 14.8. The number of benzene rings is 4. The number of rotatable bonds is 1. The Bertz CT molecular complexity index is 1120. The van der Waals surface area contributed by atoms with Gasteiger partial charge in [0.25, 0.3) is 0 Å². The Hall–Kier alpha value is -2.82. The van der Waals surface area contributed by atoms with Crippen LogP contribution in [0.25, 0.3) is 32.3 Å². The summed E-state index contributed by atoms with van der Waals surface area (Å²) in [5, 5.41) is 19.9. The Morgan fingerprint density at radius 3 is 2.25 bits per heavy atom. The van der Waals surface area contributed by atoms with Crippen LogP contribution in [0.15, 0.2) is 82.3 Å². The van der Waals surface area contributed by atoms with E-state index < -0.39 is 0 Å². The van der Waals surface area contributed by atoms with E-state index in [1.807, 2.05) is 0 Å². The average Bonchev–Trinajstić information content (AvgIpc) is 3.14. The predicted octanol–water partition coefficient (Wildman–Crippen LogP) is 0.991. The van der Waals surface area contributed by atoms with Crippen molar-refractivity contribution in [2.75, 3.05) is 0 Å². The molecule has 0 saturated heterocycles. The van der Waals surface area contributed by atoms with Gasteiger partial charge in [-0.2, -0.15) is 0 Å². The van der Waals surface area contributed by atoms with Crippen LogP contribution in [0.3, 0.4) is 0 Å². The second-order valence-corrected chi connectivity index (χ2v) is 5.71. The molecule has 1 heterocycles. The zero-order valence-corrected chi connectivity index (χ0v) is 13.4. The first-order chi connectivity index (χ1) is 11.4. The highest BCUT2D eigenvalue weighted by Gasteiger charge is 2.18. The van der Waals surface area contributed by atoms with Crippen LogP contribution in [-0.4, -0.2) is 6.34 Å². The van der Waals surface area contributed by atoms with E-state index >= 15 is 0 Å². The van der Waals surface area contributed by atoms with E-state index in [1.54, 1.807) is 6.34 Å². The summed E-state index contributed by atoms with van der Waals surface area (Å²) in [7, 11) is 0. The van der Waals surface area contributed by atoms with Gasteiger partial charge in [0, 0.05) is 11.3 Å². The minimum absolute atomic E-state index is 0. The number of halogens is 1. The third-order valence-electron chi connectivity index (χ3n) is 4.39. The van der Waals surface area contributed by atoms with E-state index in [-0.39, 0.29) is 12.4 Å². The molecule has 0 bridgehead atoms. The lowest BCUT2D eigenvalue weighted by Gasteiger charge is -2.10. The number of quaternary nitrogens is 1. The molecule has 24 heavy (non-hydrogen) atoms. The molecule has 1 N–H and O–H groups in total. The summed E-state index contributed by atoms with van der Waals surface area (Å²) < 4.78 is 0. The van der Waals surface area contributed by atoms with Crippen molar-refractivity contribution in [3.63, 3.8) is 0 Å². The van der Waals surface area contributed by atoms with Gasteiger partial charge >= 0.3 is 0 Å². The molecule has 0 radical (unpaired) electrons. The standard InChI is InChI=1S/C19H12N4.ClH/c1-2-5-15-11-17-16(10-14(15)4-1)9-8-13-6-3-7-18(19(13)17)23-12-20-21-22-23;/h1-12H;1H. The van der Waals surface area contributed by atoms with Gasteiger partial charge in [0.2, 0.25) is 6.34 Å². The van der Waals surface area contributed by atoms with E-state index in [0.29, 0.717) is 0 Å². The third-order valence-corrected chi connectivity index (χ3v) is 4.39. The highest BCUT2D eigenvalue weighted by Crippen LogP contribution is 2.32. The van der Waals surface area contributed by atoms with E-state index in [4.69, 9.17) is 0 Å². The predicted molar refractivity (Wildman–Crippen MR) is 92.9 cm³/mol. The zero-order chi connectivity index (χ0) is 15.2. The van der Waals surface area contributed by atoms with Crippen molar-refractivity contribution in [1.29, 1.82) is 0 Å². The monoisotopic (exact) mass is 332 g/mol. The van der Waals surface area contributed by atoms with Crippen LogP contribution in [0.5, 0.6) is 0 Å². The van der Waals surface area contributed by atoms with Crippen LogP contribution in [0, 0.1) is 0 Å². The fourth-order valence-electron chi connectivity index (χ4n) is 3.32. The van der Waals surface area contributed by atoms with E-state index in [2.05, 4.69) is 82.3 Å². The summed E-state index contributed by atoms with van der Waals surface area (Å²) >= 11 is 0. The minimum atomic E-state index is 0. The van der Waals surface area contributed by atoms with Crippen molar-refractivity contribution in [1.82, 2.24) is 0 Å². The topological polar surface area (TPSA) is 41.5 Å². The van der Waals surface area contributed by atoms with Gasteiger partial charge in [0.05, 0.1) is 10.6 Å². The summed E-state index contributed by atoms with van der Waals surface area (Å²) in [4.78, 5) is 0. The van der Waals surface area contributed by atoms with Crippen molar-refractivity contribution < 1.29 is 17.4 Å². The van der Waals surface area contributed by atoms with Crippen molar-refractivity contribution >= 4 is 44.3 Å². The average molecular weight is 333 g/mol. The second-order valence-electron chi connectivity index (χ2n) is 5.71. The maximum atomic E-state index is 4.14. The van der Waals surface area contributed by atoms with Crippen LogP contribution in [-0.2, 0) is 0 Å². The van der Waals surface area contributed by atoms with E-state index in [0.717, 1.165) is 10.7 Å². The fourth-order valence-corrected chi connectivity index (χ4v) is 3.32. The molecular formula is C19H13ClN4. The molecule has 0 saturated carbocycles. The second kappa shape index (κ2) is 5.67. The SMILES string of the molecule is C1=NN=N[NH+]1c1cccc2ccc3cc4ccccc4cc3c12.[Cl-]. The third kappa shape index (κ3) is 2.16. The quantitative estimate of drug-likeness (QED) is 0.399. The lowest BCUT2D eigenvalue weighted by atomic mass is 9.97. The van der Waals surface area contributed by atoms with Crippen molar-refractivity contribution in [3.05, 3.63) is 66.7 Å². The Morgan fingerprint density at radius 2 is 1.46 bits per heavy atom. The molecule has 5 heteroatoms. The number of fused-ring (bicyclic) bond motifs is 4. The fraction of sp³-hybridized carbons (Fsp3) is 0. The van der Waals surface area contributed by atoms with Gasteiger partial charge in [0.15, 0.2) is 5.69 Å². The lowest BCUT2D eigenvalue weighted by molar-refractivity contribution is -0.731. The van der Waals surface area contributed by atoms with Gasteiger partial charge in [-0.3, -0.25) is 0 Å². The Labute approximate surface area is 144 Å². The smallest absolute Gasteiger partial charge is 0.243 e. The summed E-state index contributed by atoms with van der Waals surface area (Å²) in [6, 6.07) is 23.6. The maximum absolute atomic E-state index is 4.14. The van der Waals surface area contributed by atoms with Gasteiger partial charge in [-0.25, -0.2) is 0 Å². The molecule has 4 nitrogen and oxygen atoms in total. The summed E-state index contributed by atoms with van der Waals surface area (Å²) in [5.74, 6) is 0. The van der Waals surface area contributed by atoms with Crippen LogP contribution < -0.4 is 17.4 Å². The molecule has 4 aromatic carbocycles. The summed E-state index contributed by atoms with van der Waals surface area (Å²) in [5.41, 5.74) is 1.08. The molecule has 1 unspecified atom stereocenters. The highest BCUT2D eigenvalue weighted by molar-refractivity contribution is 6.15. The molecule has 1 aliphatic rings. The first-order valence-corrected chi connectivity index (χ1v) is 7.56. The lowest BCUT2D eigenvalue weighted by Crippen LogP contribution is -3.00. The first-order valence-electron chi connectivity index (χ1n) is 7.56. The highest BCUT2D eigenvalue weighted by atomic mass is 35.5. The summed E-state index contributed by atoms with van der Waals surface area (Å²) in [6.07, 6.45) is 1.72. The molecule has 4 aromatic rings. The van der Waals surface area contributed by atoms with Crippen molar-refractivity contribution in [2.45, 2.75) is 0 Å². The van der Waals surface area contributed by atoms with E-state index in [1.165, 1.54) is 32.3 Å². The van der Waals surface area contributed by atoms with Crippen LogP contribution in [0.4, 0.5) is 5.69 Å².